The Labute approximate surface area is 129 Å². The Hall–Kier alpha value is -1.65. The summed E-state index contributed by atoms with van der Waals surface area (Å²) < 4.78 is 0. The average molecular weight is 300 g/mol. The first-order chi connectivity index (χ1) is 10.3. The van der Waals surface area contributed by atoms with E-state index in [4.69, 9.17) is 0 Å². The van der Waals surface area contributed by atoms with Crippen molar-refractivity contribution in [2.75, 3.05) is 31.1 Å². The van der Waals surface area contributed by atoms with Crippen LogP contribution in [0.25, 0.3) is 0 Å². The SMILES string of the molecule is CCN1CCN(c2ccsc2)C(c2ccc(C=O)cc2)C1. The summed E-state index contributed by atoms with van der Waals surface area (Å²) in [6, 6.07) is 10.6. The van der Waals surface area contributed by atoms with E-state index in [9.17, 15) is 4.79 Å². The molecule has 0 radical (unpaired) electrons. The summed E-state index contributed by atoms with van der Waals surface area (Å²) in [5, 5.41) is 4.35. The molecule has 3 rings (SSSR count). The van der Waals surface area contributed by atoms with Crippen LogP contribution in [0.1, 0.15) is 28.9 Å². The van der Waals surface area contributed by atoms with Gasteiger partial charge in [-0.15, -0.1) is 0 Å². The van der Waals surface area contributed by atoms with E-state index < -0.39 is 0 Å². The zero-order valence-electron chi connectivity index (χ0n) is 12.2. The van der Waals surface area contributed by atoms with E-state index >= 15 is 0 Å². The minimum atomic E-state index is 0.356. The van der Waals surface area contributed by atoms with Crippen LogP contribution in [0.3, 0.4) is 0 Å². The molecule has 0 amide bonds. The number of carbonyl (C=O) groups excluding carboxylic acids is 1. The van der Waals surface area contributed by atoms with Crippen LogP contribution in [0.2, 0.25) is 0 Å². The number of hydrogen-bond acceptors (Lipinski definition) is 4. The summed E-state index contributed by atoms with van der Waals surface area (Å²) in [6.45, 7) is 6.49. The maximum atomic E-state index is 10.8. The van der Waals surface area contributed by atoms with Crippen molar-refractivity contribution in [1.29, 1.82) is 0 Å². The first-order valence-corrected chi connectivity index (χ1v) is 8.32. The highest BCUT2D eigenvalue weighted by Gasteiger charge is 2.27. The fourth-order valence-corrected chi connectivity index (χ4v) is 3.59. The van der Waals surface area contributed by atoms with Crippen molar-refractivity contribution in [1.82, 2.24) is 4.90 Å². The molecule has 0 bridgehead atoms. The smallest absolute Gasteiger partial charge is 0.150 e. The van der Waals surface area contributed by atoms with Gasteiger partial charge >= 0.3 is 0 Å². The number of hydrogen-bond donors (Lipinski definition) is 0. The van der Waals surface area contributed by atoms with E-state index in [1.54, 1.807) is 11.3 Å². The third kappa shape index (κ3) is 3.01. The molecule has 0 N–H and O–H groups in total. The molecule has 2 aromatic rings. The van der Waals surface area contributed by atoms with Gasteiger partial charge in [0.1, 0.15) is 6.29 Å². The third-order valence-corrected chi connectivity index (χ3v) is 4.88. The largest absolute Gasteiger partial charge is 0.361 e. The van der Waals surface area contributed by atoms with Crippen molar-refractivity contribution in [3.05, 3.63) is 52.2 Å². The molecule has 1 saturated heterocycles. The Bertz CT molecular complexity index is 579. The molecule has 1 aromatic carbocycles. The number of likely N-dealkylation sites (N-methyl/N-ethyl adjacent to an activating group) is 1. The number of thiophene rings is 1. The van der Waals surface area contributed by atoms with Gasteiger partial charge in [0.2, 0.25) is 0 Å². The normalized spacial score (nSPS) is 19.7. The van der Waals surface area contributed by atoms with Crippen LogP contribution in [-0.2, 0) is 0 Å². The molecule has 3 nitrogen and oxygen atoms in total. The molecule has 1 aromatic heterocycles. The third-order valence-electron chi connectivity index (χ3n) is 4.21. The quantitative estimate of drug-likeness (QED) is 0.808. The molecule has 1 aliphatic heterocycles. The number of rotatable bonds is 4. The summed E-state index contributed by atoms with van der Waals surface area (Å²) in [5.74, 6) is 0. The number of anilines is 1. The van der Waals surface area contributed by atoms with Crippen molar-refractivity contribution in [2.45, 2.75) is 13.0 Å². The zero-order valence-corrected chi connectivity index (χ0v) is 13.1. The lowest BCUT2D eigenvalue weighted by atomic mass is 10.0. The van der Waals surface area contributed by atoms with Crippen LogP contribution < -0.4 is 4.90 Å². The first-order valence-electron chi connectivity index (χ1n) is 7.38. The predicted octanol–water partition coefficient (Wildman–Crippen LogP) is 3.44. The lowest BCUT2D eigenvalue weighted by molar-refractivity contribution is 0.112. The van der Waals surface area contributed by atoms with Gasteiger partial charge in [0, 0.05) is 36.3 Å². The Morgan fingerprint density at radius 1 is 1.24 bits per heavy atom. The lowest BCUT2D eigenvalue weighted by Gasteiger charge is -2.42. The van der Waals surface area contributed by atoms with Crippen molar-refractivity contribution >= 4 is 23.3 Å². The van der Waals surface area contributed by atoms with Gasteiger partial charge in [-0.1, -0.05) is 31.2 Å². The molecular weight excluding hydrogens is 280 g/mol. The van der Waals surface area contributed by atoms with E-state index in [2.05, 4.69) is 45.7 Å². The molecule has 2 heterocycles. The summed E-state index contributed by atoms with van der Waals surface area (Å²) in [6.07, 6.45) is 0.902. The predicted molar refractivity (Wildman–Crippen MR) is 88.3 cm³/mol. The van der Waals surface area contributed by atoms with Gasteiger partial charge in [-0.2, -0.15) is 11.3 Å². The maximum Gasteiger partial charge on any atom is 0.150 e. The van der Waals surface area contributed by atoms with Crippen molar-refractivity contribution in [3.8, 4) is 0 Å². The summed E-state index contributed by atoms with van der Waals surface area (Å²) >= 11 is 1.74. The van der Waals surface area contributed by atoms with Gasteiger partial charge in [0.05, 0.1) is 6.04 Å². The first kappa shape index (κ1) is 14.3. The number of benzene rings is 1. The topological polar surface area (TPSA) is 23.6 Å². The second-order valence-electron chi connectivity index (χ2n) is 5.37. The van der Waals surface area contributed by atoms with E-state index in [0.29, 0.717) is 6.04 Å². The van der Waals surface area contributed by atoms with E-state index in [1.165, 1.54) is 11.3 Å². The molecule has 0 aliphatic carbocycles. The molecule has 1 aliphatic rings. The molecule has 1 fully saturated rings. The van der Waals surface area contributed by atoms with Gasteiger partial charge in [-0.05, 0) is 23.6 Å². The summed E-state index contributed by atoms with van der Waals surface area (Å²) in [5.41, 5.74) is 3.33. The fraction of sp³-hybridized carbons (Fsp3) is 0.353. The zero-order chi connectivity index (χ0) is 14.7. The van der Waals surface area contributed by atoms with Crippen LogP contribution in [0, 0.1) is 0 Å². The van der Waals surface area contributed by atoms with E-state index in [0.717, 1.165) is 38.0 Å². The van der Waals surface area contributed by atoms with Crippen LogP contribution in [0.15, 0.2) is 41.1 Å². The minimum Gasteiger partial charge on any atom is -0.361 e. The molecule has 110 valence electrons. The summed E-state index contributed by atoms with van der Waals surface area (Å²) in [7, 11) is 0. The Balaban J connectivity index is 1.90. The lowest BCUT2D eigenvalue weighted by Crippen LogP contribution is -2.48. The van der Waals surface area contributed by atoms with Crippen molar-refractivity contribution in [3.63, 3.8) is 0 Å². The fourth-order valence-electron chi connectivity index (χ4n) is 2.94. The second-order valence-corrected chi connectivity index (χ2v) is 6.15. The Morgan fingerprint density at radius 2 is 2.05 bits per heavy atom. The molecule has 1 atom stereocenters. The second kappa shape index (κ2) is 6.41. The minimum absolute atomic E-state index is 0.356. The van der Waals surface area contributed by atoms with Crippen molar-refractivity contribution in [2.24, 2.45) is 0 Å². The van der Waals surface area contributed by atoms with Gasteiger partial charge in [0.25, 0.3) is 0 Å². The van der Waals surface area contributed by atoms with Crippen molar-refractivity contribution < 1.29 is 4.79 Å². The van der Waals surface area contributed by atoms with Gasteiger partial charge in [-0.3, -0.25) is 9.69 Å². The molecule has 4 heteroatoms. The Kier molecular flexibility index (Phi) is 4.36. The van der Waals surface area contributed by atoms with Crippen LogP contribution >= 0.6 is 11.3 Å². The number of piperazine rings is 1. The highest BCUT2D eigenvalue weighted by molar-refractivity contribution is 7.08. The van der Waals surface area contributed by atoms with Gasteiger partial charge in [0.15, 0.2) is 0 Å². The average Bonchev–Trinajstić information content (AvgIpc) is 3.08. The monoisotopic (exact) mass is 300 g/mol. The highest BCUT2D eigenvalue weighted by Crippen LogP contribution is 2.32. The van der Waals surface area contributed by atoms with E-state index in [-0.39, 0.29) is 0 Å². The molecule has 0 spiro atoms. The highest BCUT2D eigenvalue weighted by atomic mass is 32.1. The van der Waals surface area contributed by atoms with Crippen LogP contribution in [0.4, 0.5) is 5.69 Å². The molecule has 21 heavy (non-hydrogen) atoms. The number of carbonyl (C=O) groups is 1. The van der Waals surface area contributed by atoms with Gasteiger partial charge < -0.3 is 4.90 Å². The van der Waals surface area contributed by atoms with Gasteiger partial charge in [-0.25, -0.2) is 0 Å². The molecule has 1 unspecified atom stereocenters. The number of aldehydes is 1. The van der Waals surface area contributed by atoms with E-state index in [1.807, 2.05) is 12.1 Å². The standard InChI is InChI=1S/C17H20N2OS/c1-2-18-8-9-19(16-7-10-21-13-16)17(11-18)15-5-3-14(12-20)4-6-15/h3-7,10,12-13,17H,2,8-9,11H2,1H3. The number of nitrogens with zero attached hydrogens (tertiary/aromatic N) is 2. The molecular formula is C17H20N2OS. The van der Waals surface area contributed by atoms with Crippen LogP contribution in [-0.4, -0.2) is 37.4 Å². The Morgan fingerprint density at radius 3 is 2.67 bits per heavy atom. The molecule has 0 saturated carbocycles. The summed E-state index contributed by atoms with van der Waals surface area (Å²) in [4.78, 5) is 15.8. The van der Waals surface area contributed by atoms with Crippen LogP contribution in [0.5, 0.6) is 0 Å². The maximum absolute atomic E-state index is 10.8.